The summed E-state index contributed by atoms with van der Waals surface area (Å²) in [4.78, 5) is 15.9. The highest BCUT2D eigenvalue weighted by atomic mass is 16.3. The number of nitrogens with one attached hydrogen (secondary N) is 1. The van der Waals surface area contributed by atoms with Gasteiger partial charge in [0.25, 0.3) is 5.91 Å². The van der Waals surface area contributed by atoms with E-state index in [0.29, 0.717) is 11.4 Å². The fraction of sp³-hybridized carbons (Fsp3) is 0. The number of anilines is 1. The molecule has 0 radical (unpaired) electrons. The molecular formula is C14H10N2O2. The molecule has 0 saturated carbocycles. The van der Waals surface area contributed by atoms with Crippen LogP contribution in [0.1, 0.15) is 11.1 Å². The molecule has 4 nitrogen and oxygen atoms in total. The van der Waals surface area contributed by atoms with Crippen LogP contribution in [0, 0.1) is 0 Å². The van der Waals surface area contributed by atoms with Crippen LogP contribution in [0.3, 0.4) is 0 Å². The van der Waals surface area contributed by atoms with Crippen molar-refractivity contribution in [1.82, 2.24) is 4.98 Å². The molecular weight excluding hydrogens is 228 g/mol. The van der Waals surface area contributed by atoms with Gasteiger partial charge in [0.2, 0.25) is 0 Å². The summed E-state index contributed by atoms with van der Waals surface area (Å²) in [5.41, 5.74) is 2.24. The van der Waals surface area contributed by atoms with Crippen LogP contribution in [-0.2, 0) is 4.79 Å². The monoisotopic (exact) mass is 238 g/mol. The van der Waals surface area contributed by atoms with E-state index >= 15 is 0 Å². The van der Waals surface area contributed by atoms with Crippen molar-refractivity contribution in [2.45, 2.75) is 0 Å². The first-order chi connectivity index (χ1) is 8.74. The first-order valence-electron chi connectivity index (χ1n) is 5.51. The normalized spacial score (nSPS) is 15.6. The first-order valence-corrected chi connectivity index (χ1v) is 5.51. The van der Waals surface area contributed by atoms with Gasteiger partial charge in [-0.25, -0.2) is 4.98 Å². The fourth-order valence-corrected chi connectivity index (χ4v) is 1.90. The Morgan fingerprint density at radius 1 is 1.17 bits per heavy atom. The number of carbonyl (C=O) groups is 1. The van der Waals surface area contributed by atoms with E-state index in [0.717, 1.165) is 11.1 Å². The van der Waals surface area contributed by atoms with E-state index in [1.807, 2.05) is 6.07 Å². The Morgan fingerprint density at radius 2 is 1.94 bits per heavy atom. The van der Waals surface area contributed by atoms with E-state index in [4.69, 9.17) is 0 Å². The van der Waals surface area contributed by atoms with E-state index in [-0.39, 0.29) is 11.7 Å². The molecule has 1 aliphatic rings. The van der Waals surface area contributed by atoms with Gasteiger partial charge in [0.15, 0.2) is 0 Å². The summed E-state index contributed by atoms with van der Waals surface area (Å²) in [6.45, 7) is 0. The lowest BCUT2D eigenvalue weighted by atomic mass is 10.1. The van der Waals surface area contributed by atoms with E-state index in [9.17, 15) is 9.90 Å². The molecule has 88 valence electrons. The van der Waals surface area contributed by atoms with Gasteiger partial charge in [-0.15, -0.1) is 0 Å². The van der Waals surface area contributed by atoms with Crippen molar-refractivity contribution in [3.63, 3.8) is 0 Å². The molecule has 2 aromatic rings. The van der Waals surface area contributed by atoms with Crippen LogP contribution in [-0.4, -0.2) is 16.0 Å². The topological polar surface area (TPSA) is 62.2 Å². The largest absolute Gasteiger partial charge is 0.508 e. The third-order valence-electron chi connectivity index (χ3n) is 2.78. The zero-order chi connectivity index (χ0) is 12.5. The third-order valence-corrected chi connectivity index (χ3v) is 2.78. The maximum atomic E-state index is 11.8. The number of aromatic hydroxyl groups is 1. The van der Waals surface area contributed by atoms with Crippen molar-refractivity contribution < 1.29 is 9.90 Å². The molecule has 2 N–H and O–H groups in total. The minimum absolute atomic E-state index is 0.156. The lowest BCUT2D eigenvalue weighted by Gasteiger charge is -1.98. The van der Waals surface area contributed by atoms with Crippen LogP contribution in [0.2, 0.25) is 0 Å². The number of amides is 1. The summed E-state index contributed by atoms with van der Waals surface area (Å²) >= 11 is 0. The summed E-state index contributed by atoms with van der Waals surface area (Å²) in [5, 5.41) is 11.9. The number of phenolic OH excluding ortho intramolecular Hbond substituents is 1. The van der Waals surface area contributed by atoms with E-state index in [2.05, 4.69) is 10.3 Å². The van der Waals surface area contributed by atoms with Crippen LogP contribution >= 0.6 is 0 Å². The number of nitrogens with zero attached hydrogens (tertiary/aromatic N) is 1. The number of fused-ring (bicyclic) bond motifs is 1. The predicted molar refractivity (Wildman–Crippen MR) is 68.8 cm³/mol. The van der Waals surface area contributed by atoms with Crippen molar-refractivity contribution >= 4 is 23.4 Å². The highest BCUT2D eigenvalue weighted by Gasteiger charge is 2.24. The van der Waals surface area contributed by atoms with Crippen LogP contribution in [0.15, 0.2) is 42.6 Å². The second kappa shape index (κ2) is 4.00. The molecule has 0 saturated heterocycles. The summed E-state index contributed by atoms with van der Waals surface area (Å²) in [6.07, 6.45) is 3.42. The molecule has 4 heteroatoms. The van der Waals surface area contributed by atoms with Gasteiger partial charge < -0.3 is 10.4 Å². The molecule has 1 aromatic carbocycles. The standard InChI is InChI=1S/C14H10N2O2/c17-10-5-3-9(4-6-10)8-12-11-2-1-7-15-13(11)16-14(12)18/h1-8,17H,(H,15,16,18). The Labute approximate surface area is 104 Å². The fourth-order valence-electron chi connectivity index (χ4n) is 1.90. The summed E-state index contributed by atoms with van der Waals surface area (Å²) in [7, 11) is 0. The maximum Gasteiger partial charge on any atom is 0.257 e. The average molecular weight is 238 g/mol. The van der Waals surface area contributed by atoms with Crippen molar-refractivity contribution in [3.8, 4) is 5.75 Å². The minimum atomic E-state index is -0.156. The van der Waals surface area contributed by atoms with Crippen LogP contribution in [0.4, 0.5) is 5.82 Å². The summed E-state index contributed by atoms with van der Waals surface area (Å²) in [5.74, 6) is 0.638. The number of carbonyl (C=O) groups excluding carboxylic acids is 1. The number of hydrogen-bond donors (Lipinski definition) is 2. The molecule has 0 spiro atoms. The number of benzene rings is 1. The quantitative estimate of drug-likeness (QED) is 0.749. The van der Waals surface area contributed by atoms with Crippen LogP contribution in [0.5, 0.6) is 5.75 Å². The molecule has 3 rings (SSSR count). The van der Waals surface area contributed by atoms with Gasteiger partial charge in [0.05, 0.1) is 5.57 Å². The molecule has 18 heavy (non-hydrogen) atoms. The second-order valence-corrected chi connectivity index (χ2v) is 4.00. The maximum absolute atomic E-state index is 11.8. The summed E-state index contributed by atoms with van der Waals surface area (Å²) in [6, 6.07) is 10.3. The van der Waals surface area contributed by atoms with E-state index in [1.165, 1.54) is 0 Å². The van der Waals surface area contributed by atoms with Gasteiger partial charge in [0.1, 0.15) is 11.6 Å². The van der Waals surface area contributed by atoms with Crippen molar-refractivity contribution in [1.29, 1.82) is 0 Å². The van der Waals surface area contributed by atoms with E-state index in [1.54, 1.807) is 42.6 Å². The highest BCUT2D eigenvalue weighted by molar-refractivity contribution is 6.34. The van der Waals surface area contributed by atoms with Crippen molar-refractivity contribution in [2.75, 3.05) is 5.32 Å². The Morgan fingerprint density at radius 3 is 2.72 bits per heavy atom. The van der Waals surface area contributed by atoms with Crippen LogP contribution < -0.4 is 5.32 Å². The molecule has 0 unspecified atom stereocenters. The lowest BCUT2D eigenvalue weighted by Crippen LogP contribution is -2.04. The molecule has 0 fully saturated rings. The zero-order valence-corrected chi connectivity index (χ0v) is 9.42. The number of aromatic nitrogens is 1. The van der Waals surface area contributed by atoms with Gasteiger partial charge in [-0.1, -0.05) is 12.1 Å². The highest BCUT2D eigenvalue weighted by Crippen LogP contribution is 2.31. The lowest BCUT2D eigenvalue weighted by molar-refractivity contribution is -0.110. The SMILES string of the molecule is O=C1Nc2ncccc2C1=Cc1ccc(O)cc1. The average Bonchev–Trinajstić information content (AvgIpc) is 2.69. The molecule has 2 heterocycles. The minimum Gasteiger partial charge on any atom is -0.508 e. The van der Waals surface area contributed by atoms with Crippen molar-refractivity contribution in [2.24, 2.45) is 0 Å². The Hall–Kier alpha value is -2.62. The Kier molecular flexibility index (Phi) is 2.34. The molecule has 1 aliphatic heterocycles. The van der Waals surface area contributed by atoms with Gasteiger partial charge in [-0.2, -0.15) is 0 Å². The number of rotatable bonds is 1. The number of phenols is 1. The smallest absolute Gasteiger partial charge is 0.257 e. The van der Waals surface area contributed by atoms with Gasteiger partial charge in [-0.05, 0) is 35.9 Å². The molecule has 1 aromatic heterocycles. The van der Waals surface area contributed by atoms with Gasteiger partial charge in [0, 0.05) is 11.8 Å². The second-order valence-electron chi connectivity index (χ2n) is 4.00. The summed E-state index contributed by atoms with van der Waals surface area (Å²) < 4.78 is 0. The Bertz CT molecular complexity index is 645. The van der Waals surface area contributed by atoms with Crippen molar-refractivity contribution in [3.05, 3.63) is 53.7 Å². The number of pyridine rings is 1. The molecule has 0 atom stereocenters. The first kappa shape index (κ1) is 10.5. The predicted octanol–water partition coefficient (Wildman–Crippen LogP) is 2.28. The zero-order valence-electron chi connectivity index (χ0n) is 9.42. The van der Waals surface area contributed by atoms with Gasteiger partial charge in [-0.3, -0.25) is 4.79 Å². The Balaban J connectivity index is 2.07. The van der Waals surface area contributed by atoms with Crippen LogP contribution in [0.25, 0.3) is 11.6 Å². The third kappa shape index (κ3) is 1.73. The molecule has 0 aliphatic carbocycles. The molecule has 0 bridgehead atoms. The van der Waals surface area contributed by atoms with E-state index < -0.39 is 0 Å². The van der Waals surface area contributed by atoms with Gasteiger partial charge >= 0.3 is 0 Å². The molecule has 1 amide bonds. The number of hydrogen-bond acceptors (Lipinski definition) is 3.